The van der Waals surface area contributed by atoms with E-state index in [4.69, 9.17) is 14.2 Å². The van der Waals surface area contributed by atoms with E-state index in [0.717, 1.165) is 16.9 Å². The Morgan fingerprint density at radius 2 is 1.54 bits per heavy atom. The van der Waals surface area contributed by atoms with Crippen LogP contribution in [0.15, 0.2) is 66.7 Å². The maximum Gasteiger partial charge on any atom is 0.255 e. The van der Waals surface area contributed by atoms with Gasteiger partial charge in [-0.25, -0.2) is 0 Å². The molecule has 3 rings (SSSR count). The molecule has 0 aromatic heterocycles. The van der Waals surface area contributed by atoms with Crippen molar-refractivity contribution in [2.75, 3.05) is 19.5 Å². The summed E-state index contributed by atoms with van der Waals surface area (Å²) in [6.07, 6.45) is 0. The first-order valence-corrected chi connectivity index (χ1v) is 8.92. The van der Waals surface area contributed by atoms with Gasteiger partial charge in [0.1, 0.15) is 23.9 Å². The molecule has 0 radical (unpaired) electrons. The lowest BCUT2D eigenvalue weighted by molar-refractivity contribution is 0.102. The van der Waals surface area contributed by atoms with Gasteiger partial charge in [0.2, 0.25) is 0 Å². The first-order valence-electron chi connectivity index (χ1n) is 8.92. The first-order chi connectivity index (χ1) is 13.6. The summed E-state index contributed by atoms with van der Waals surface area (Å²) in [6.45, 7) is 2.29. The van der Waals surface area contributed by atoms with Gasteiger partial charge in [-0.15, -0.1) is 0 Å². The van der Waals surface area contributed by atoms with Gasteiger partial charge in [0.25, 0.3) is 5.91 Å². The molecule has 0 atom stereocenters. The van der Waals surface area contributed by atoms with Gasteiger partial charge in [-0.3, -0.25) is 4.79 Å². The third-order valence-corrected chi connectivity index (χ3v) is 4.37. The lowest BCUT2D eigenvalue weighted by Crippen LogP contribution is -2.13. The molecule has 144 valence electrons. The first kappa shape index (κ1) is 19.3. The van der Waals surface area contributed by atoms with Crippen molar-refractivity contribution in [1.29, 1.82) is 0 Å². The fourth-order valence-electron chi connectivity index (χ4n) is 2.85. The van der Waals surface area contributed by atoms with Crippen molar-refractivity contribution in [1.82, 2.24) is 0 Å². The number of nitrogens with one attached hydrogen (secondary N) is 1. The summed E-state index contributed by atoms with van der Waals surface area (Å²) in [4.78, 5) is 12.7. The highest BCUT2D eigenvalue weighted by Crippen LogP contribution is 2.26. The number of para-hydroxylation sites is 3. The zero-order chi connectivity index (χ0) is 19.9. The van der Waals surface area contributed by atoms with Gasteiger partial charge >= 0.3 is 0 Å². The average Bonchev–Trinajstić information content (AvgIpc) is 2.73. The molecule has 0 bridgehead atoms. The minimum Gasteiger partial charge on any atom is -0.496 e. The van der Waals surface area contributed by atoms with Gasteiger partial charge in [-0.2, -0.15) is 0 Å². The van der Waals surface area contributed by atoms with E-state index >= 15 is 0 Å². The Bertz CT molecular complexity index is 968. The highest BCUT2D eigenvalue weighted by Gasteiger charge is 2.13. The summed E-state index contributed by atoms with van der Waals surface area (Å²) in [5.74, 6) is 1.84. The number of anilines is 1. The van der Waals surface area contributed by atoms with Gasteiger partial charge in [-0.1, -0.05) is 30.3 Å². The lowest BCUT2D eigenvalue weighted by atomic mass is 10.1. The summed E-state index contributed by atoms with van der Waals surface area (Å²) in [5.41, 5.74) is 2.96. The number of amides is 1. The Morgan fingerprint density at radius 3 is 2.25 bits per heavy atom. The van der Waals surface area contributed by atoms with Crippen molar-refractivity contribution < 1.29 is 19.0 Å². The molecule has 5 nitrogen and oxygen atoms in total. The van der Waals surface area contributed by atoms with E-state index in [1.807, 2.05) is 43.3 Å². The maximum absolute atomic E-state index is 12.7. The Labute approximate surface area is 164 Å². The Morgan fingerprint density at radius 1 is 0.857 bits per heavy atom. The predicted octanol–water partition coefficient (Wildman–Crippen LogP) is 4.84. The van der Waals surface area contributed by atoms with Crippen LogP contribution in [0.5, 0.6) is 17.2 Å². The van der Waals surface area contributed by atoms with Crippen LogP contribution in [0.4, 0.5) is 5.69 Å². The molecule has 0 saturated heterocycles. The maximum atomic E-state index is 12.7. The van der Waals surface area contributed by atoms with Crippen LogP contribution in [-0.2, 0) is 6.61 Å². The van der Waals surface area contributed by atoms with Gasteiger partial charge in [0.05, 0.1) is 19.9 Å². The van der Waals surface area contributed by atoms with E-state index in [1.165, 1.54) is 0 Å². The van der Waals surface area contributed by atoms with Crippen LogP contribution in [0.25, 0.3) is 0 Å². The molecular weight excluding hydrogens is 354 g/mol. The van der Waals surface area contributed by atoms with E-state index in [2.05, 4.69) is 5.32 Å². The standard InChI is InChI=1S/C23H23NO4/c1-16-8-4-6-10-20(16)28-15-18-14-17(12-13-21(18)26-2)23(25)24-19-9-5-7-11-22(19)27-3/h4-14H,15H2,1-3H3,(H,24,25). The zero-order valence-corrected chi connectivity index (χ0v) is 16.2. The van der Waals surface area contributed by atoms with E-state index in [1.54, 1.807) is 44.6 Å². The normalized spacial score (nSPS) is 10.2. The van der Waals surface area contributed by atoms with Gasteiger partial charge in [0.15, 0.2) is 0 Å². The number of aryl methyl sites for hydroxylation is 1. The molecule has 28 heavy (non-hydrogen) atoms. The molecular formula is C23H23NO4. The second kappa shape index (κ2) is 8.95. The summed E-state index contributed by atoms with van der Waals surface area (Å²) >= 11 is 0. The second-order valence-electron chi connectivity index (χ2n) is 6.24. The molecule has 3 aromatic carbocycles. The van der Waals surface area contributed by atoms with Gasteiger partial charge in [-0.05, 0) is 48.9 Å². The largest absolute Gasteiger partial charge is 0.496 e. The number of ether oxygens (including phenoxy) is 3. The minimum absolute atomic E-state index is 0.232. The molecule has 1 N–H and O–H groups in total. The Hall–Kier alpha value is -3.47. The zero-order valence-electron chi connectivity index (χ0n) is 16.2. The van der Waals surface area contributed by atoms with Gasteiger partial charge in [0, 0.05) is 11.1 Å². The molecule has 0 aliphatic carbocycles. The number of carbonyl (C=O) groups excluding carboxylic acids is 1. The van der Waals surface area contributed by atoms with Crippen molar-refractivity contribution >= 4 is 11.6 Å². The van der Waals surface area contributed by atoms with Crippen LogP contribution in [0.3, 0.4) is 0 Å². The van der Waals surface area contributed by atoms with Crippen molar-refractivity contribution in [3.8, 4) is 17.2 Å². The van der Waals surface area contributed by atoms with E-state index in [-0.39, 0.29) is 5.91 Å². The molecule has 1 amide bonds. The SMILES string of the molecule is COc1ccc(C(=O)Nc2ccccc2OC)cc1COc1ccccc1C. The molecule has 0 saturated carbocycles. The van der Waals surface area contributed by atoms with Crippen molar-refractivity contribution in [3.05, 3.63) is 83.4 Å². The predicted molar refractivity (Wildman–Crippen MR) is 109 cm³/mol. The molecule has 3 aromatic rings. The fourth-order valence-corrected chi connectivity index (χ4v) is 2.85. The molecule has 0 fully saturated rings. The van der Waals surface area contributed by atoms with Crippen LogP contribution >= 0.6 is 0 Å². The summed E-state index contributed by atoms with van der Waals surface area (Å²) in [6, 6.07) is 20.4. The number of methoxy groups -OCH3 is 2. The van der Waals surface area contributed by atoms with Crippen LogP contribution < -0.4 is 19.5 Å². The Balaban J connectivity index is 1.80. The molecule has 0 unspecified atom stereocenters. The quantitative estimate of drug-likeness (QED) is 0.640. The minimum atomic E-state index is -0.232. The van der Waals surface area contributed by atoms with Gasteiger partial charge < -0.3 is 19.5 Å². The summed E-state index contributed by atoms with van der Waals surface area (Å²) in [5, 5.41) is 2.88. The average molecular weight is 377 g/mol. The third kappa shape index (κ3) is 4.43. The van der Waals surface area contributed by atoms with Crippen LogP contribution in [0.2, 0.25) is 0 Å². The van der Waals surface area contributed by atoms with E-state index in [0.29, 0.717) is 29.4 Å². The number of rotatable bonds is 7. The number of hydrogen-bond acceptors (Lipinski definition) is 4. The summed E-state index contributed by atoms with van der Waals surface area (Å²) in [7, 11) is 3.17. The molecule has 0 aliphatic heterocycles. The van der Waals surface area contributed by atoms with Crippen LogP contribution in [0, 0.1) is 6.92 Å². The van der Waals surface area contributed by atoms with Crippen LogP contribution in [0.1, 0.15) is 21.5 Å². The Kier molecular flexibility index (Phi) is 6.17. The van der Waals surface area contributed by atoms with E-state index < -0.39 is 0 Å². The molecule has 0 spiro atoms. The smallest absolute Gasteiger partial charge is 0.255 e. The lowest BCUT2D eigenvalue weighted by Gasteiger charge is -2.14. The topological polar surface area (TPSA) is 56.8 Å². The van der Waals surface area contributed by atoms with Crippen LogP contribution in [-0.4, -0.2) is 20.1 Å². The molecule has 5 heteroatoms. The highest BCUT2D eigenvalue weighted by molar-refractivity contribution is 6.05. The fraction of sp³-hybridized carbons (Fsp3) is 0.174. The number of benzene rings is 3. The summed E-state index contributed by atoms with van der Waals surface area (Å²) < 4.78 is 16.6. The van der Waals surface area contributed by atoms with Crippen molar-refractivity contribution in [2.45, 2.75) is 13.5 Å². The number of carbonyl (C=O) groups is 1. The number of hydrogen-bond donors (Lipinski definition) is 1. The monoisotopic (exact) mass is 377 g/mol. The highest BCUT2D eigenvalue weighted by atomic mass is 16.5. The van der Waals surface area contributed by atoms with Crippen molar-refractivity contribution in [3.63, 3.8) is 0 Å². The third-order valence-electron chi connectivity index (χ3n) is 4.37. The molecule has 0 aliphatic rings. The second-order valence-corrected chi connectivity index (χ2v) is 6.24. The van der Waals surface area contributed by atoms with E-state index in [9.17, 15) is 4.79 Å². The van der Waals surface area contributed by atoms with Crippen molar-refractivity contribution in [2.24, 2.45) is 0 Å². The molecule has 0 heterocycles.